The van der Waals surface area contributed by atoms with Crippen LogP contribution in [0.4, 0.5) is 9.18 Å². The van der Waals surface area contributed by atoms with Crippen LogP contribution >= 0.6 is 11.8 Å². The van der Waals surface area contributed by atoms with Gasteiger partial charge in [0.15, 0.2) is 0 Å². The van der Waals surface area contributed by atoms with E-state index in [9.17, 15) is 18.8 Å². The lowest BCUT2D eigenvalue weighted by Gasteiger charge is -2.12. The largest absolute Gasteiger partial charge is 0.354 e. The van der Waals surface area contributed by atoms with Crippen molar-refractivity contribution in [1.82, 2.24) is 20.0 Å². The van der Waals surface area contributed by atoms with Gasteiger partial charge in [-0.25, -0.2) is 9.07 Å². The van der Waals surface area contributed by atoms with Gasteiger partial charge in [-0.2, -0.15) is 5.10 Å². The van der Waals surface area contributed by atoms with E-state index < -0.39 is 11.1 Å². The van der Waals surface area contributed by atoms with E-state index in [1.54, 1.807) is 17.0 Å². The van der Waals surface area contributed by atoms with E-state index in [2.05, 4.69) is 10.4 Å². The zero-order valence-corrected chi connectivity index (χ0v) is 18.4. The normalized spacial score (nSPS) is 14.8. The van der Waals surface area contributed by atoms with Crippen molar-refractivity contribution in [1.29, 1.82) is 0 Å². The Hall–Kier alpha value is -3.72. The van der Waals surface area contributed by atoms with Crippen molar-refractivity contribution < 1.29 is 18.8 Å². The van der Waals surface area contributed by atoms with Crippen molar-refractivity contribution >= 4 is 34.9 Å². The highest BCUT2D eigenvalue weighted by atomic mass is 32.2. The van der Waals surface area contributed by atoms with Gasteiger partial charge in [0.1, 0.15) is 5.82 Å². The number of hydrogen-bond donors (Lipinski definition) is 1. The Kier molecular flexibility index (Phi) is 6.99. The fourth-order valence-corrected chi connectivity index (χ4v) is 4.13. The maximum absolute atomic E-state index is 13.0. The van der Waals surface area contributed by atoms with E-state index in [-0.39, 0.29) is 36.1 Å². The molecule has 33 heavy (non-hydrogen) atoms. The van der Waals surface area contributed by atoms with Crippen LogP contribution in [0.1, 0.15) is 17.5 Å². The molecule has 1 saturated heterocycles. The molecule has 0 atom stereocenters. The molecule has 7 nitrogen and oxygen atoms in total. The smallest absolute Gasteiger partial charge is 0.293 e. The molecular weight excluding hydrogens is 443 g/mol. The summed E-state index contributed by atoms with van der Waals surface area (Å²) in [4.78, 5) is 38.3. The molecule has 1 aromatic heterocycles. The first kappa shape index (κ1) is 22.5. The second-order valence-electron chi connectivity index (χ2n) is 7.36. The Morgan fingerprint density at radius 3 is 2.61 bits per heavy atom. The number of hydrogen-bond acceptors (Lipinski definition) is 5. The third-order valence-corrected chi connectivity index (χ3v) is 5.90. The maximum Gasteiger partial charge on any atom is 0.293 e. The Labute approximate surface area is 194 Å². The van der Waals surface area contributed by atoms with Gasteiger partial charge in [-0.15, -0.1) is 0 Å². The third-order valence-electron chi connectivity index (χ3n) is 5.00. The topological polar surface area (TPSA) is 84.3 Å². The summed E-state index contributed by atoms with van der Waals surface area (Å²) in [5.41, 5.74) is 2.51. The Bertz CT molecular complexity index is 1190. The van der Waals surface area contributed by atoms with E-state index >= 15 is 0 Å². The lowest BCUT2D eigenvalue weighted by molar-refractivity contribution is -0.124. The number of nitrogens with zero attached hydrogens (tertiary/aromatic N) is 3. The number of benzene rings is 2. The molecular formula is C24H21FN4O3S. The highest BCUT2D eigenvalue weighted by Gasteiger charge is 2.34. The van der Waals surface area contributed by atoms with Gasteiger partial charge in [-0.1, -0.05) is 30.3 Å². The first-order valence-corrected chi connectivity index (χ1v) is 11.2. The number of carbonyl (C=O) groups excluding carboxylic acids is 3. The molecule has 0 spiro atoms. The summed E-state index contributed by atoms with van der Waals surface area (Å²) in [7, 11) is 0. The first-order chi connectivity index (χ1) is 16.0. The van der Waals surface area contributed by atoms with E-state index in [0.29, 0.717) is 12.0 Å². The van der Waals surface area contributed by atoms with Gasteiger partial charge in [-0.05, 0) is 59.7 Å². The summed E-state index contributed by atoms with van der Waals surface area (Å²) < 4.78 is 14.8. The van der Waals surface area contributed by atoms with Gasteiger partial charge in [0.25, 0.3) is 11.1 Å². The van der Waals surface area contributed by atoms with Gasteiger partial charge >= 0.3 is 0 Å². The molecule has 3 amide bonds. The molecule has 0 bridgehead atoms. The molecule has 0 radical (unpaired) electrons. The molecule has 1 fully saturated rings. The summed E-state index contributed by atoms with van der Waals surface area (Å²) in [6.07, 6.45) is 5.97. The Balaban J connectivity index is 1.23. The predicted octanol–water partition coefficient (Wildman–Crippen LogP) is 3.80. The van der Waals surface area contributed by atoms with E-state index in [0.717, 1.165) is 27.9 Å². The number of imide groups is 1. The van der Waals surface area contributed by atoms with Gasteiger partial charge in [0, 0.05) is 25.7 Å². The van der Waals surface area contributed by atoms with E-state index in [1.807, 2.05) is 36.5 Å². The molecule has 1 N–H and O–H groups in total. The lowest BCUT2D eigenvalue weighted by atomic mass is 10.2. The molecule has 0 saturated carbocycles. The van der Waals surface area contributed by atoms with Crippen LogP contribution in [-0.4, -0.2) is 44.8 Å². The SMILES string of the molecule is O=C(CCc1cnn(-c2ccccc2)c1)NCCN1C(=O)S/C(=C\c2ccc(F)cc2)C1=O. The lowest BCUT2D eigenvalue weighted by Crippen LogP contribution is -2.37. The third kappa shape index (κ3) is 5.75. The monoisotopic (exact) mass is 464 g/mol. The summed E-state index contributed by atoms with van der Waals surface area (Å²) in [6.45, 7) is 0.257. The number of rotatable bonds is 8. The number of halogens is 1. The second-order valence-corrected chi connectivity index (χ2v) is 8.36. The zero-order chi connectivity index (χ0) is 23.2. The average Bonchev–Trinajstić information content (AvgIpc) is 3.40. The minimum absolute atomic E-state index is 0.0864. The number of nitrogens with one attached hydrogen (secondary N) is 1. The molecule has 2 heterocycles. The van der Waals surface area contributed by atoms with Crippen LogP contribution in [0.2, 0.25) is 0 Å². The van der Waals surface area contributed by atoms with Gasteiger partial charge in [-0.3, -0.25) is 19.3 Å². The van der Waals surface area contributed by atoms with Crippen molar-refractivity contribution in [2.45, 2.75) is 12.8 Å². The number of para-hydroxylation sites is 1. The highest BCUT2D eigenvalue weighted by molar-refractivity contribution is 8.18. The molecule has 1 aliphatic heterocycles. The van der Waals surface area contributed by atoms with Gasteiger partial charge < -0.3 is 5.32 Å². The Morgan fingerprint density at radius 2 is 1.85 bits per heavy atom. The van der Waals surface area contributed by atoms with Gasteiger partial charge in [0.05, 0.1) is 16.8 Å². The average molecular weight is 465 g/mol. The molecule has 168 valence electrons. The molecule has 4 rings (SSSR count). The number of amides is 3. The van der Waals surface area contributed by atoms with Crippen molar-refractivity contribution in [3.8, 4) is 5.69 Å². The minimum Gasteiger partial charge on any atom is -0.354 e. The molecule has 2 aromatic carbocycles. The maximum atomic E-state index is 13.0. The Morgan fingerprint density at radius 1 is 1.09 bits per heavy atom. The number of aromatic nitrogens is 2. The van der Waals surface area contributed by atoms with Gasteiger partial charge in [0.2, 0.25) is 5.91 Å². The van der Waals surface area contributed by atoms with Crippen molar-refractivity contribution in [3.05, 3.63) is 88.8 Å². The standard InChI is InChI=1S/C24H21FN4O3S/c25-19-9-6-17(7-10-19)14-21-23(31)28(24(32)33-21)13-12-26-22(30)11-8-18-15-27-29(16-18)20-4-2-1-3-5-20/h1-7,9-10,14-16H,8,11-13H2,(H,26,30)/b21-14-. The minimum atomic E-state index is -0.420. The summed E-state index contributed by atoms with van der Waals surface area (Å²) in [5, 5.41) is 6.67. The number of carbonyl (C=O) groups is 3. The summed E-state index contributed by atoms with van der Waals surface area (Å²) in [5.74, 6) is -0.964. The summed E-state index contributed by atoms with van der Waals surface area (Å²) >= 11 is 0.830. The summed E-state index contributed by atoms with van der Waals surface area (Å²) in [6, 6.07) is 15.3. The molecule has 9 heteroatoms. The zero-order valence-electron chi connectivity index (χ0n) is 17.6. The van der Waals surface area contributed by atoms with Crippen LogP contribution in [0.3, 0.4) is 0 Å². The fourth-order valence-electron chi connectivity index (χ4n) is 3.27. The molecule has 1 aliphatic rings. The van der Waals surface area contributed by atoms with Crippen LogP contribution in [0.5, 0.6) is 0 Å². The van der Waals surface area contributed by atoms with Crippen LogP contribution in [0, 0.1) is 5.82 Å². The molecule has 0 aliphatic carbocycles. The van der Waals surface area contributed by atoms with Crippen LogP contribution in [0.25, 0.3) is 11.8 Å². The molecule has 3 aromatic rings. The van der Waals surface area contributed by atoms with E-state index in [1.165, 1.54) is 24.3 Å². The highest BCUT2D eigenvalue weighted by Crippen LogP contribution is 2.31. The van der Waals surface area contributed by atoms with Crippen LogP contribution < -0.4 is 5.32 Å². The first-order valence-electron chi connectivity index (χ1n) is 10.4. The fraction of sp³-hybridized carbons (Fsp3) is 0.167. The number of aryl methyl sites for hydroxylation is 1. The van der Waals surface area contributed by atoms with Crippen molar-refractivity contribution in [2.24, 2.45) is 0 Å². The van der Waals surface area contributed by atoms with E-state index in [4.69, 9.17) is 0 Å². The number of thioether (sulfide) groups is 1. The van der Waals surface area contributed by atoms with Crippen molar-refractivity contribution in [2.75, 3.05) is 13.1 Å². The van der Waals surface area contributed by atoms with Crippen molar-refractivity contribution in [3.63, 3.8) is 0 Å². The molecule has 0 unspecified atom stereocenters. The predicted molar refractivity (Wildman–Crippen MR) is 124 cm³/mol. The van der Waals surface area contributed by atoms with Crippen LogP contribution in [0.15, 0.2) is 71.9 Å². The second kappa shape index (κ2) is 10.3. The van der Waals surface area contributed by atoms with Crippen LogP contribution in [-0.2, 0) is 16.0 Å². The quantitative estimate of drug-likeness (QED) is 0.513.